The molecule has 2 fully saturated rings. The number of likely N-dealkylation sites (tertiary alicyclic amines) is 1. The highest BCUT2D eigenvalue weighted by atomic mass is 16.2. The molecule has 2 aliphatic carbocycles. The SMILES string of the molecule is C[CH]c1cc(N)cc(-c2cccc3c2C(Nc2ccc(C4CCN(C(=O)C5CC5)CC4)c(CC)c2)CC3)c1. The van der Waals surface area contributed by atoms with Gasteiger partial charge in [0.15, 0.2) is 0 Å². The van der Waals surface area contributed by atoms with Crippen LogP contribution in [0.15, 0.2) is 54.6 Å². The third-order valence-corrected chi connectivity index (χ3v) is 8.91. The van der Waals surface area contributed by atoms with Crippen LogP contribution in [-0.2, 0) is 17.6 Å². The fraction of sp³-hybridized carbons (Fsp3) is 0.412. The van der Waals surface area contributed by atoms with E-state index in [0.29, 0.717) is 17.7 Å². The third kappa shape index (κ3) is 4.93. The molecule has 1 radical (unpaired) electrons. The number of anilines is 2. The monoisotopic (exact) mass is 506 g/mol. The van der Waals surface area contributed by atoms with Crippen molar-refractivity contribution >= 4 is 17.3 Å². The van der Waals surface area contributed by atoms with Crippen LogP contribution >= 0.6 is 0 Å². The molecule has 1 saturated carbocycles. The predicted molar refractivity (Wildman–Crippen MR) is 157 cm³/mol. The van der Waals surface area contributed by atoms with Crippen molar-refractivity contribution in [2.24, 2.45) is 5.92 Å². The Kier molecular flexibility index (Phi) is 6.90. The molecule has 1 aliphatic heterocycles. The third-order valence-electron chi connectivity index (χ3n) is 8.91. The Morgan fingerprint density at radius 1 is 1.03 bits per heavy atom. The zero-order chi connectivity index (χ0) is 26.2. The summed E-state index contributed by atoms with van der Waals surface area (Å²) in [5.41, 5.74) is 17.7. The number of piperidine rings is 1. The molecule has 1 heterocycles. The molecule has 3 aliphatic rings. The van der Waals surface area contributed by atoms with Crippen molar-refractivity contribution in [2.75, 3.05) is 24.1 Å². The van der Waals surface area contributed by atoms with Gasteiger partial charge in [-0.1, -0.05) is 44.2 Å². The van der Waals surface area contributed by atoms with Crippen molar-refractivity contribution in [3.8, 4) is 11.1 Å². The van der Waals surface area contributed by atoms with Crippen molar-refractivity contribution in [2.45, 2.75) is 70.8 Å². The summed E-state index contributed by atoms with van der Waals surface area (Å²) in [7, 11) is 0. The van der Waals surface area contributed by atoms with Gasteiger partial charge in [0.05, 0.1) is 6.04 Å². The van der Waals surface area contributed by atoms with E-state index in [1.165, 1.54) is 39.1 Å². The molecule has 0 bridgehead atoms. The molecule has 3 aromatic carbocycles. The molecule has 38 heavy (non-hydrogen) atoms. The quantitative estimate of drug-likeness (QED) is 0.331. The van der Waals surface area contributed by atoms with Gasteiger partial charge >= 0.3 is 0 Å². The van der Waals surface area contributed by atoms with Crippen LogP contribution in [0, 0.1) is 12.3 Å². The van der Waals surface area contributed by atoms with Crippen LogP contribution in [0.1, 0.15) is 85.7 Å². The molecular formula is C34H40N3O. The summed E-state index contributed by atoms with van der Waals surface area (Å²) in [5.74, 6) is 1.28. The van der Waals surface area contributed by atoms with Crippen LogP contribution in [0.4, 0.5) is 11.4 Å². The normalized spacial score (nSPS) is 19.4. The van der Waals surface area contributed by atoms with Gasteiger partial charge in [0.25, 0.3) is 0 Å². The van der Waals surface area contributed by atoms with Gasteiger partial charge in [-0.2, -0.15) is 0 Å². The van der Waals surface area contributed by atoms with Crippen molar-refractivity contribution in [1.29, 1.82) is 0 Å². The average Bonchev–Trinajstić information content (AvgIpc) is 3.73. The molecule has 1 unspecified atom stereocenters. The zero-order valence-corrected chi connectivity index (χ0v) is 22.8. The summed E-state index contributed by atoms with van der Waals surface area (Å²) in [5, 5.41) is 3.90. The van der Waals surface area contributed by atoms with Crippen molar-refractivity contribution in [1.82, 2.24) is 4.90 Å². The van der Waals surface area contributed by atoms with Gasteiger partial charge in [-0.15, -0.1) is 0 Å². The first-order valence-electron chi connectivity index (χ1n) is 14.5. The van der Waals surface area contributed by atoms with Gasteiger partial charge in [-0.05, 0) is 120 Å². The number of amides is 1. The molecule has 1 saturated heterocycles. The maximum absolute atomic E-state index is 12.5. The minimum Gasteiger partial charge on any atom is -0.399 e. The molecule has 0 aromatic heterocycles. The number of fused-ring (bicyclic) bond motifs is 1. The summed E-state index contributed by atoms with van der Waals surface area (Å²) in [6, 6.07) is 20.4. The summed E-state index contributed by atoms with van der Waals surface area (Å²) in [6.45, 7) is 6.14. The number of nitrogen functional groups attached to an aromatic ring is 1. The van der Waals surface area contributed by atoms with Crippen LogP contribution in [-0.4, -0.2) is 23.9 Å². The second kappa shape index (κ2) is 10.5. The number of rotatable bonds is 7. The molecule has 4 heteroatoms. The Hall–Kier alpha value is -3.27. The molecule has 3 aromatic rings. The standard InChI is InChI=1S/C34H40N3O/c1-3-22-18-27(20-28(35)19-22)31-7-5-6-25-10-13-32(33(25)31)36-29-11-12-30(23(4-2)21-29)24-14-16-37(17-15-24)34(38)26-8-9-26/h3,5-7,11-12,18-21,24,26,32,36H,4,8-10,13-17,35H2,1-2H3. The highest BCUT2D eigenvalue weighted by molar-refractivity contribution is 5.81. The molecule has 6 rings (SSSR count). The van der Waals surface area contributed by atoms with E-state index in [9.17, 15) is 4.79 Å². The number of aryl methyl sites for hydroxylation is 2. The second-order valence-corrected chi connectivity index (χ2v) is 11.4. The topological polar surface area (TPSA) is 58.4 Å². The first-order valence-corrected chi connectivity index (χ1v) is 14.5. The largest absolute Gasteiger partial charge is 0.399 e. The molecule has 1 atom stereocenters. The molecule has 4 nitrogen and oxygen atoms in total. The molecule has 3 N–H and O–H groups in total. The first-order chi connectivity index (χ1) is 18.5. The lowest BCUT2D eigenvalue weighted by molar-refractivity contribution is -0.133. The van der Waals surface area contributed by atoms with Crippen molar-refractivity contribution in [3.05, 3.63) is 88.8 Å². The smallest absolute Gasteiger partial charge is 0.225 e. The Labute approximate surface area is 227 Å². The molecular weight excluding hydrogens is 466 g/mol. The van der Waals surface area contributed by atoms with E-state index in [1.807, 2.05) is 6.07 Å². The Bertz CT molecular complexity index is 1330. The molecule has 0 spiro atoms. The van der Waals surface area contributed by atoms with Gasteiger partial charge < -0.3 is 16.0 Å². The fourth-order valence-electron chi connectivity index (χ4n) is 6.68. The number of nitrogens with two attached hydrogens (primary N) is 1. The Morgan fingerprint density at radius 2 is 1.84 bits per heavy atom. The number of benzene rings is 3. The minimum atomic E-state index is 0.281. The average molecular weight is 507 g/mol. The summed E-state index contributed by atoms with van der Waals surface area (Å²) >= 11 is 0. The fourth-order valence-corrected chi connectivity index (χ4v) is 6.68. The van der Waals surface area contributed by atoms with E-state index >= 15 is 0 Å². The summed E-state index contributed by atoms with van der Waals surface area (Å²) in [6.07, 6.45) is 9.67. The van der Waals surface area contributed by atoms with Crippen LogP contribution in [0.3, 0.4) is 0 Å². The van der Waals surface area contributed by atoms with Crippen LogP contribution < -0.4 is 11.1 Å². The zero-order valence-electron chi connectivity index (χ0n) is 22.8. The number of carbonyl (C=O) groups is 1. The number of carbonyl (C=O) groups excluding carboxylic acids is 1. The van der Waals surface area contributed by atoms with Gasteiger partial charge in [0.1, 0.15) is 0 Å². The lowest BCUT2D eigenvalue weighted by Crippen LogP contribution is -2.38. The van der Waals surface area contributed by atoms with Crippen molar-refractivity contribution < 1.29 is 4.79 Å². The van der Waals surface area contributed by atoms with Gasteiger partial charge in [0.2, 0.25) is 5.91 Å². The number of hydrogen-bond donors (Lipinski definition) is 2. The molecule has 197 valence electrons. The Morgan fingerprint density at radius 3 is 2.58 bits per heavy atom. The van der Waals surface area contributed by atoms with Crippen molar-refractivity contribution in [3.63, 3.8) is 0 Å². The van der Waals surface area contributed by atoms with Gasteiger partial charge in [0, 0.05) is 30.4 Å². The lowest BCUT2D eigenvalue weighted by atomic mass is 9.85. The predicted octanol–water partition coefficient (Wildman–Crippen LogP) is 7.29. The Balaban J connectivity index is 1.21. The first kappa shape index (κ1) is 25.0. The minimum absolute atomic E-state index is 0.281. The van der Waals surface area contributed by atoms with Gasteiger partial charge in [-0.3, -0.25) is 4.79 Å². The number of hydrogen-bond acceptors (Lipinski definition) is 3. The lowest BCUT2D eigenvalue weighted by Gasteiger charge is -2.33. The summed E-state index contributed by atoms with van der Waals surface area (Å²) in [4.78, 5) is 14.6. The highest BCUT2D eigenvalue weighted by Crippen LogP contribution is 2.42. The maximum atomic E-state index is 12.5. The van der Waals surface area contributed by atoms with E-state index in [4.69, 9.17) is 5.73 Å². The van der Waals surface area contributed by atoms with E-state index in [1.54, 1.807) is 0 Å². The number of nitrogens with zero attached hydrogens (tertiary/aromatic N) is 1. The summed E-state index contributed by atoms with van der Waals surface area (Å²) < 4.78 is 0. The highest BCUT2D eigenvalue weighted by Gasteiger charge is 2.35. The van der Waals surface area contributed by atoms with Crippen LogP contribution in [0.5, 0.6) is 0 Å². The van der Waals surface area contributed by atoms with E-state index < -0.39 is 0 Å². The number of nitrogens with one attached hydrogen (secondary N) is 1. The van der Waals surface area contributed by atoms with E-state index in [-0.39, 0.29) is 6.04 Å². The van der Waals surface area contributed by atoms with Gasteiger partial charge in [-0.25, -0.2) is 0 Å². The van der Waals surface area contributed by atoms with E-state index in [0.717, 1.165) is 69.3 Å². The van der Waals surface area contributed by atoms with Crippen LogP contribution in [0.25, 0.3) is 11.1 Å². The van der Waals surface area contributed by atoms with Crippen LogP contribution in [0.2, 0.25) is 0 Å². The van der Waals surface area contributed by atoms with E-state index in [2.05, 4.69) is 79.0 Å². The molecule has 1 amide bonds. The second-order valence-electron chi connectivity index (χ2n) is 11.4. The maximum Gasteiger partial charge on any atom is 0.225 e.